The monoisotopic (exact) mass is 234 g/mol. The van der Waals surface area contributed by atoms with Crippen LogP contribution in [-0.4, -0.2) is 23.1 Å². The van der Waals surface area contributed by atoms with Crippen LogP contribution in [0.25, 0.3) is 0 Å². The molecule has 0 saturated heterocycles. The van der Waals surface area contributed by atoms with Crippen LogP contribution in [0, 0.1) is 24.2 Å². The molecule has 0 aliphatic heterocycles. The van der Waals surface area contributed by atoms with E-state index in [-0.39, 0.29) is 5.92 Å². The molecule has 0 aromatic carbocycles. The standard InChI is InChI=1S/C11H18N6/c1-4-17(7-8(2)5-12)10-9(3)6-14-11(15-10)16-13/h6,8H,4,7,13H2,1-3H3,(H,14,15,16). The number of nitrogens with one attached hydrogen (secondary N) is 1. The van der Waals surface area contributed by atoms with Crippen molar-refractivity contribution in [1.29, 1.82) is 5.26 Å². The maximum atomic E-state index is 8.85. The van der Waals surface area contributed by atoms with Crippen molar-refractivity contribution in [2.75, 3.05) is 23.4 Å². The zero-order valence-electron chi connectivity index (χ0n) is 10.4. The molecule has 1 atom stereocenters. The highest BCUT2D eigenvalue weighted by molar-refractivity contribution is 5.48. The predicted molar refractivity (Wildman–Crippen MR) is 67.2 cm³/mol. The number of aryl methyl sites for hydroxylation is 1. The molecule has 1 unspecified atom stereocenters. The van der Waals surface area contributed by atoms with Gasteiger partial charge >= 0.3 is 0 Å². The van der Waals surface area contributed by atoms with E-state index in [0.717, 1.165) is 17.9 Å². The molecule has 0 aliphatic carbocycles. The summed E-state index contributed by atoms with van der Waals surface area (Å²) in [5.74, 6) is 6.45. The number of hydrogen-bond acceptors (Lipinski definition) is 6. The van der Waals surface area contributed by atoms with Crippen molar-refractivity contribution >= 4 is 11.8 Å². The highest BCUT2D eigenvalue weighted by atomic mass is 15.3. The van der Waals surface area contributed by atoms with Gasteiger partial charge in [-0.2, -0.15) is 10.2 Å². The number of hydrazine groups is 1. The number of nitrogen functional groups attached to an aromatic ring is 1. The summed E-state index contributed by atoms with van der Waals surface area (Å²) in [5.41, 5.74) is 3.40. The first-order valence-electron chi connectivity index (χ1n) is 5.57. The van der Waals surface area contributed by atoms with E-state index in [0.29, 0.717) is 12.5 Å². The van der Waals surface area contributed by atoms with Crippen LogP contribution in [0.2, 0.25) is 0 Å². The van der Waals surface area contributed by atoms with Gasteiger partial charge < -0.3 is 4.90 Å². The Kier molecular flexibility index (Phi) is 4.67. The van der Waals surface area contributed by atoms with Crippen LogP contribution < -0.4 is 16.2 Å². The summed E-state index contributed by atoms with van der Waals surface area (Å²) in [5, 5.41) is 8.85. The van der Waals surface area contributed by atoms with Crippen LogP contribution in [0.1, 0.15) is 19.4 Å². The number of rotatable bonds is 5. The second kappa shape index (κ2) is 6.01. The number of hydrogen-bond donors (Lipinski definition) is 2. The summed E-state index contributed by atoms with van der Waals surface area (Å²) < 4.78 is 0. The van der Waals surface area contributed by atoms with E-state index in [4.69, 9.17) is 11.1 Å². The van der Waals surface area contributed by atoms with Crippen LogP contribution in [0.5, 0.6) is 0 Å². The molecular formula is C11H18N6. The number of nitrogens with two attached hydrogens (primary N) is 1. The minimum Gasteiger partial charge on any atom is -0.355 e. The van der Waals surface area contributed by atoms with E-state index in [9.17, 15) is 0 Å². The molecule has 92 valence electrons. The molecule has 0 fully saturated rings. The Morgan fingerprint density at radius 3 is 2.88 bits per heavy atom. The predicted octanol–water partition coefficient (Wildman–Crippen LogP) is 1.06. The van der Waals surface area contributed by atoms with Crippen molar-refractivity contribution in [1.82, 2.24) is 9.97 Å². The van der Waals surface area contributed by atoms with Crippen molar-refractivity contribution in [2.45, 2.75) is 20.8 Å². The third-order valence-electron chi connectivity index (χ3n) is 2.47. The lowest BCUT2D eigenvalue weighted by atomic mass is 10.2. The van der Waals surface area contributed by atoms with Gasteiger partial charge in [0.2, 0.25) is 5.95 Å². The zero-order chi connectivity index (χ0) is 12.8. The van der Waals surface area contributed by atoms with Crippen LogP contribution >= 0.6 is 0 Å². The average molecular weight is 234 g/mol. The fourth-order valence-corrected chi connectivity index (χ4v) is 1.56. The van der Waals surface area contributed by atoms with Gasteiger partial charge in [0.05, 0.1) is 12.0 Å². The lowest BCUT2D eigenvalue weighted by Crippen LogP contribution is -2.29. The lowest BCUT2D eigenvalue weighted by Gasteiger charge is -2.24. The topological polar surface area (TPSA) is 90.9 Å². The Balaban J connectivity index is 2.98. The highest BCUT2D eigenvalue weighted by Gasteiger charge is 2.13. The first kappa shape index (κ1) is 13.2. The van der Waals surface area contributed by atoms with Gasteiger partial charge in [-0.3, -0.25) is 5.43 Å². The summed E-state index contributed by atoms with van der Waals surface area (Å²) >= 11 is 0. The van der Waals surface area contributed by atoms with E-state index < -0.39 is 0 Å². The molecule has 6 nitrogen and oxygen atoms in total. The largest absolute Gasteiger partial charge is 0.355 e. The van der Waals surface area contributed by atoms with Crippen molar-refractivity contribution in [2.24, 2.45) is 11.8 Å². The quantitative estimate of drug-likeness (QED) is 0.584. The maximum Gasteiger partial charge on any atom is 0.239 e. The molecule has 0 aliphatic rings. The molecule has 0 amide bonds. The lowest BCUT2D eigenvalue weighted by molar-refractivity contribution is 0.677. The fourth-order valence-electron chi connectivity index (χ4n) is 1.56. The summed E-state index contributed by atoms with van der Waals surface area (Å²) in [6, 6.07) is 2.22. The van der Waals surface area contributed by atoms with Crippen LogP contribution in [-0.2, 0) is 0 Å². The molecule has 6 heteroatoms. The summed E-state index contributed by atoms with van der Waals surface area (Å²) in [4.78, 5) is 10.4. The number of nitrogens with zero attached hydrogens (tertiary/aromatic N) is 4. The minimum atomic E-state index is -0.0430. The molecule has 1 rings (SSSR count). The van der Waals surface area contributed by atoms with Gasteiger partial charge in [0, 0.05) is 24.8 Å². The molecule has 0 radical (unpaired) electrons. The van der Waals surface area contributed by atoms with E-state index in [1.54, 1.807) is 6.20 Å². The second-order valence-electron chi connectivity index (χ2n) is 3.91. The Morgan fingerprint density at radius 1 is 1.65 bits per heavy atom. The number of nitriles is 1. The Bertz CT molecular complexity index is 411. The Labute approximate surface area is 101 Å². The second-order valence-corrected chi connectivity index (χ2v) is 3.91. The number of anilines is 2. The van der Waals surface area contributed by atoms with Crippen molar-refractivity contribution < 1.29 is 0 Å². The van der Waals surface area contributed by atoms with Crippen molar-refractivity contribution in [3.63, 3.8) is 0 Å². The minimum absolute atomic E-state index is 0.0430. The summed E-state index contributed by atoms with van der Waals surface area (Å²) in [6.45, 7) is 7.29. The molecule has 3 N–H and O–H groups in total. The maximum absolute atomic E-state index is 8.85. The van der Waals surface area contributed by atoms with E-state index in [1.165, 1.54) is 0 Å². The van der Waals surface area contributed by atoms with Gasteiger partial charge in [-0.25, -0.2) is 10.8 Å². The normalized spacial score (nSPS) is 11.7. The molecular weight excluding hydrogens is 216 g/mol. The van der Waals surface area contributed by atoms with Crippen molar-refractivity contribution in [3.8, 4) is 6.07 Å². The van der Waals surface area contributed by atoms with Gasteiger partial charge in [-0.1, -0.05) is 0 Å². The van der Waals surface area contributed by atoms with Gasteiger partial charge in [0.25, 0.3) is 0 Å². The van der Waals surface area contributed by atoms with Gasteiger partial charge in [-0.05, 0) is 20.8 Å². The third-order valence-corrected chi connectivity index (χ3v) is 2.47. The van der Waals surface area contributed by atoms with Gasteiger partial charge in [0.15, 0.2) is 0 Å². The first-order chi connectivity index (χ1) is 8.12. The molecule has 0 spiro atoms. The Morgan fingerprint density at radius 2 is 2.35 bits per heavy atom. The van der Waals surface area contributed by atoms with E-state index in [2.05, 4.69) is 21.5 Å². The molecule has 1 heterocycles. The fraction of sp³-hybridized carbons (Fsp3) is 0.545. The van der Waals surface area contributed by atoms with Gasteiger partial charge in [0.1, 0.15) is 5.82 Å². The molecule has 1 aromatic heterocycles. The SMILES string of the molecule is CCN(CC(C)C#N)c1nc(NN)ncc1C. The van der Waals surface area contributed by atoms with Crippen LogP contribution in [0.3, 0.4) is 0 Å². The van der Waals surface area contributed by atoms with Crippen molar-refractivity contribution in [3.05, 3.63) is 11.8 Å². The van der Waals surface area contributed by atoms with Crippen LogP contribution in [0.15, 0.2) is 6.20 Å². The number of aromatic nitrogens is 2. The van der Waals surface area contributed by atoms with E-state index in [1.807, 2.05) is 25.7 Å². The molecule has 1 aromatic rings. The zero-order valence-corrected chi connectivity index (χ0v) is 10.4. The molecule has 0 saturated carbocycles. The van der Waals surface area contributed by atoms with Gasteiger partial charge in [-0.15, -0.1) is 0 Å². The molecule has 17 heavy (non-hydrogen) atoms. The van der Waals surface area contributed by atoms with E-state index >= 15 is 0 Å². The highest BCUT2D eigenvalue weighted by Crippen LogP contribution is 2.18. The average Bonchev–Trinajstić information content (AvgIpc) is 2.36. The first-order valence-corrected chi connectivity index (χ1v) is 5.57. The molecule has 0 bridgehead atoms. The Hall–Kier alpha value is -1.87. The smallest absolute Gasteiger partial charge is 0.239 e. The third kappa shape index (κ3) is 3.29. The summed E-state index contributed by atoms with van der Waals surface area (Å²) in [7, 11) is 0. The summed E-state index contributed by atoms with van der Waals surface area (Å²) in [6.07, 6.45) is 1.72. The van der Waals surface area contributed by atoms with Crippen LogP contribution in [0.4, 0.5) is 11.8 Å².